The largest absolute Gasteiger partial charge is 0.483 e. The number of nitrogen functional groups attached to an aromatic ring is 1. The standard InChI is InChI=1S/C20H19N5O4/c21-8-14-18(15(9-22)20(27)25-19(14)23)13-5-1-2-6-16(13)29-11-17(26)24-10-12-4-3-7-28-12/h1-2,5-6,12H,3-4,7,10-11H2,(H,24,26)(H3,23,25,27). The lowest BCUT2D eigenvalue weighted by Crippen LogP contribution is -2.35. The average Bonchev–Trinajstić information content (AvgIpc) is 3.24. The zero-order chi connectivity index (χ0) is 20.8. The van der Waals surface area contributed by atoms with Crippen molar-refractivity contribution in [2.45, 2.75) is 18.9 Å². The molecule has 0 aliphatic carbocycles. The van der Waals surface area contributed by atoms with Crippen LogP contribution in [-0.2, 0) is 9.53 Å². The van der Waals surface area contributed by atoms with Crippen molar-refractivity contribution < 1.29 is 14.3 Å². The number of hydrogen-bond acceptors (Lipinski definition) is 7. The minimum absolute atomic E-state index is 0.0154. The number of nitrogens with two attached hydrogens (primary N) is 1. The Balaban J connectivity index is 1.85. The number of nitrogens with one attached hydrogen (secondary N) is 2. The van der Waals surface area contributed by atoms with Crippen LogP contribution < -0.4 is 21.3 Å². The predicted octanol–water partition coefficient (Wildman–Crippen LogP) is 1.04. The van der Waals surface area contributed by atoms with E-state index in [1.165, 1.54) is 0 Å². The number of para-hydroxylation sites is 1. The lowest BCUT2D eigenvalue weighted by molar-refractivity contribution is -0.123. The van der Waals surface area contributed by atoms with Crippen molar-refractivity contribution in [3.05, 3.63) is 45.7 Å². The topological polar surface area (TPSA) is 154 Å². The highest BCUT2D eigenvalue weighted by molar-refractivity contribution is 5.84. The van der Waals surface area contributed by atoms with E-state index in [0.717, 1.165) is 12.8 Å². The van der Waals surface area contributed by atoms with Gasteiger partial charge in [-0.25, -0.2) is 0 Å². The van der Waals surface area contributed by atoms with Gasteiger partial charge >= 0.3 is 0 Å². The van der Waals surface area contributed by atoms with Gasteiger partial charge in [0.1, 0.15) is 34.8 Å². The number of amides is 1. The van der Waals surface area contributed by atoms with Crippen molar-refractivity contribution in [1.82, 2.24) is 10.3 Å². The maximum atomic E-state index is 12.1. The van der Waals surface area contributed by atoms with Crippen LogP contribution in [0.2, 0.25) is 0 Å². The molecular weight excluding hydrogens is 374 g/mol. The first-order valence-corrected chi connectivity index (χ1v) is 9.01. The van der Waals surface area contributed by atoms with Crippen molar-refractivity contribution >= 4 is 11.7 Å². The van der Waals surface area contributed by atoms with Gasteiger partial charge in [0.15, 0.2) is 6.61 Å². The molecule has 4 N–H and O–H groups in total. The zero-order valence-corrected chi connectivity index (χ0v) is 15.5. The molecule has 1 aliphatic rings. The summed E-state index contributed by atoms with van der Waals surface area (Å²) in [6.07, 6.45) is 1.90. The number of carbonyl (C=O) groups excluding carboxylic acids is 1. The molecule has 1 aliphatic heterocycles. The van der Waals surface area contributed by atoms with Gasteiger partial charge in [-0.15, -0.1) is 0 Å². The second-order valence-electron chi connectivity index (χ2n) is 6.44. The summed E-state index contributed by atoms with van der Waals surface area (Å²) in [5, 5.41) is 21.6. The molecule has 1 fully saturated rings. The van der Waals surface area contributed by atoms with Crippen LogP contribution in [0.3, 0.4) is 0 Å². The van der Waals surface area contributed by atoms with Gasteiger partial charge in [-0.05, 0) is 18.9 Å². The van der Waals surface area contributed by atoms with E-state index in [0.29, 0.717) is 18.7 Å². The Morgan fingerprint density at radius 2 is 2.07 bits per heavy atom. The smallest absolute Gasteiger partial charge is 0.268 e. The average molecular weight is 393 g/mol. The van der Waals surface area contributed by atoms with Gasteiger partial charge in [0, 0.05) is 24.3 Å². The fourth-order valence-corrected chi connectivity index (χ4v) is 3.14. The molecule has 1 aromatic carbocycles. The molecule has 1 atom stereocenters. The van der Waals surface area contributed by atoms with E-state index >= 15 is 0 Å². The molecule has 0 saturated carbocycles. The normalized spacial score (nSPS) is 15.3. The highest BCUT2D eigenvalue weighted by atomic mass is 16.5. The molecule has 1 amide bonds. The first kappa shape index (κ1) is 19.9. The summed E-state index contributed by atoms with van der Waals surface area (Å²) >= 11 is 0. The number of anilines is 1. The molecule has 2 heterocycles. The molecule has 0 spiro atoms. The number of aromatic nitrogens is 1. The van der Waals surface area contributed by atoms with Gasteiger partial charge in [-0.3, -0.25) is 9.59 Å². The van der Waals surface area contributed by atoms with E-state index in [1.54, 1.807) is 24.3 Å². The van der Waals surface area contributed by atoms with Crippen LogP contribution in [0, 0.1) is 22.7 Å². The number of nitriles is 2. The number of nitrogens with zero attached hydrogens (tertiary/aromatic N) is 2. The van der Waals surface area contributed by atoms with Crippen molar-refractivity contribution in [2.24, 2.45) is 0 Å². The third kappa shape index (κ3) is 4.37. The highest BCUT2D eigenvalue weighted by Gasteiger charge is 2.21. The van der Waals surface area contributed by atoms with Crippen LogP contribution in [-0.4, -0.2) is 36.8 Å². The number of rotatable bonds is 6. The second kappa shape index (κ2) is 8.91. The number of hydrogen-bond donors (Lipinski definition) is 3. The summed E-state index contributed by atoms with van der Waals surface area (Å²) in [6.45, 7) is 0.837. The Morgan fingerprint density at radius 1 is 1.31 bits per heavy atom. The molecule has 0 radical (unpaired) electrons. The number of pyridine rings is 1. The SMILES string of the molecule is N#Cc1c(N)[nH]c(=O)c(C#N)c1-c1ccccc1OCC(=O)NCC1CCCO1. The molecule has 1 aromatic heterocycles. The van der Waals surface area contributed by atoms with E-state index in [2.05, 4.69) is 10.3 Å². The minimum atomic E-state index is -0.705. The molecule has 1 unspecified atom stereocenters. The summed E-state index contributed by atoms with van der Waals surface area (Å²) in [5.74, 6) is -0.227. The van der Waals surface area contributed by atoms with Crippen LogP contribution in [0.1, 0.15) is 24.0 Å². The Morgan fingerprint density at radius 3 is 2.76 bits per heavy atom. The van der Waals surface area contributed by atoms with Gasteiger partial charge in [0.05, 0.1) is 6.10 Å². The van der Waals surface area contributed by atoms with Crippen LogP contribution in [0.5, 0.6) is 5.75 Å². The molecule has 148 valence electrons. The third-order valence-corrected chi connectivity index (χ3v) is 4.53. The first-order chi connectivity index (χ1) is 14.0. The molecule has 1 saturated heterocycles. The van der Waals surface area contributed by atoms with Gasteiger partial charge in [0.25, 0.3) is 11.5 Å². The quantitative estimate of drug-likeness (QED) is 0.662. The predicted molar refractivity (Wildman–Crippen MR) is 104 cm³/mol. The summed E-state index contributed by atoms with van der Waals surface area (Å²) in [7, 11) is 0. The van der Waals surface area contributed by atoms with Crippen LogP contribution in [0.4, 0.5) is 5.82 Å². The molecule has 9 heteroatoms. The van der Waals surface area contributed by atoms with Crippen molar-refractivity contribution in [2.75, 3.05) is 25.5 Å². The van der Waals surface area contributed by atoms with Crippen molar-refractivity contribution in [3.8, 4) is 29.0 Å². The summed E-state index contributed by atoms with van der Waals surface area (Å²) in [5.41, 5.74) is 5.16. The summed E-state index contributed by atoms with van der Waals surface area (Å²) < 4.78 is 11.1. The number of carbonyl (C=O) groups is 1. The Labute approximate surface area is 166 Å². The number of H-pyrrole nitrogens is 1. The second-order valence-corrected chi connectivity index (χ2v) is 6.44. The fraction of sp³-hybridized carbons (Fsp3) is 0.300. The van der Waals surface area contributed by atoms with Gasteiger partial charge in [0.2, 0.25) is 0 Å². The fourth-order valence-electron chi connectivity index (χ4n) is 3.14. The van der Waals surface area contributed by atoms with Gasteiger partial charge in [-0.2, -0.15) is 10.5 Å². The maximum absolute atomic E-state index is 12.1. The van der Waals surface area contributed by atoms with E-state index in [4.69, 9.17) is 15.2 Å². The molecule has 2 aromatic rings. The lowest BCUT2D eigenvalue weighted by atomic mass is 9.96. The van der Waals surface area contributed by atoms with Gasteiger partial charge < -0.3 is 25.5 Å². The Bertz CT molecular complexity index is 1060. The summed E-state index contributed by atoms with van der Waals surface area (Å²) in [4.78, 5) is 26.5. The molecule has 3 rings (SSSR count). The third-order valence-electron chi connectivity index (χ3n) is 4.53. The monoisotopic (exact) mass is 393 g/mol. The Kier molecular flexibility index (Phi) is 6.12. The van der Waals surface area contributed by atoms with E-state index < -0.39 is 5.56 Å². The molecule has 0 bridgehead atoms. The van der Waals surface area contributed by atoms with Crippen molar-refractivity contribution in [1.29, 1.82) is 10.5 Å². The number of benzene rings is 1. The van der Waals surface area contributed by atoms with E-state index in [-0.39, 0.29) is 46.9 Å². The van der Waals surface area contributed by atoms with Crippen LogP contribution in [0.15, 0.2) is 29.1 Å². The lowest BCUT2D eigenvalue weighted by Gasteiger charge is -2.15. The minimum Gasteiger partial charge on any atom is -0.483 e. The molecule has 9 nitrogen and oxygen atoms in total. The van der Waals surface area contributed by atoms with Gasteiger partial charge in [-0.1, -0.05) is 18.2 Å². The maximum Gasteiger partial charge on any atom is 0.268 e. The number of ether oxygens (including phenoxy) is 2. The summed E-state index contributed by atoms with van der Waals surface area (Å²) in [6, 6.07) is 10.2. The van der Waals surface area contributed by atoms with E-state index in [1.807, 2.05) is 12.1 Å². The number of aromatic amines is 1. The molecule has 29 heavy (non-hydrogen) atoms. The van der Waals surface area contributed by atoms with Crippen molar-refractivity contribution in [3.63, 3.8) is 0 Å². The zero-order valence-electron chi connectivity index (χ0n) is 15.5. The Hall–Kier alpha value is -3.82. The van der Waals surface area contributed by atoms with E-state index in [9.17, 15) is 20.1 Å². The molecular formula is C20H19N5O4. The van der Waals surface area contributed by atoms with Crippen LogP contribution >= 0.6 is 0 Å². The first-order valence-electron chi connectivity index (χ1n) is 9.01. The highest BCUT2D eigenvalue weighted by Crippen LogP contribution is 2.34. The van der Waals surface area contributed by atoms with Crippen LogP contribution in [0.25, 0.3) is 11.1 Å².